The van der Waals surface area contributed by atoms with Gasteiger partial charge in [0.05, 0.1) is 6.61 Å². The number of benzene rings is 1. The van der Waals surface area contributed by atoms with E-state index in [1.54, 1.807) is 26.0 Å². The molecule has 3 aromatic rings. The minimum absolute atomic E-state index is 0.0671. The van der Waals surface area contributed by atoms with Gasteiger partial charge in [0.15, 0.2) is 5.76 Å². The van der Waals surface area contributed by atoms with Crippen molar-refractivity contribution < 1.29 is 23.3 Å². The first-order chi connectivity index (χ1) is 10.6. The number of carbonyl (C=O) groups excluding carboxylic acids is 2. The van der Waals surface area contributed by atoms with Crippen LogP contribution in [0, 0.1) is 6.92 Å². The van der Waals surface area contributed by atoms with Gasteiger partial charge in [-0.3, -0.25) is 4.79 Å². The van der Waals surface area contributed by atoms with Gasteiger partial charge in [0.2, 0.25) is 11.5 Å². The minimum atomic E-state index is -0.696. The Labute approximate surface area is 125 Å². The van der Waals surface area contributed by atoms with Crippen LogP contribution in [0.3, 0.4) is 0 Å². The van der Waals surface area contributed by atoms with Crippen molar-refractivity contribution in [1.82, 2.24) is 5.16 Å². The maximum absolute atomic E-state index is 12.6. The van der Waals surface area contributed by atoms with Crippen molar-refractivity contribution >= 4 is 22.7 Å². The number of aryl methyl sites for hydroxylation is 1. The van der Waals surface area contributed by atoms with Crippen molar-refractivity contribution in [2.45, 2.75) is 13.8 Å². The van der Waals surface area contributed by atoms with Crippen LogP contribution in [-0.2, 0) is 4.74 Å². The molecule has 6 nitrogen and oxygen atoms in total. The molecule has 0 saturated heterocycles. The lowest BCUT2D eigenvalue weighted by Crippen LogP contribution is -2.12. The molecule has 2 aromatic heterocycles. The third-order valence-corrected chi connectivity index (χ3v) is 3.21. The van der Waals surface area contributed by atoms with Gasteiger partial charge < -0.3 is 13.7 Å². The summed E-state index contributed by atoms with van der Waals surface area (Å²) in [5, 5.41) is 4.43. The Morgan fingerprint density at radius 3 is 2.77 bits per heavy atom. The Kier molecular flexibility index (Phi) is 3.50. The Balaban J connectivity index is 2.05. The van der Waals surface area contributed by atoms with Gasteiger partial charge in [-0.2, -0.15) is 0 Å². The van der Waals surface area contributed by atoms with Gasteiger partial charge in [0.25, 0.3) is 0 Å². The molecular formula is C16H13NO5. The molecule has 6 heteroatoms. The van der Waals surface area contributed by atoms with Crippen molar-refractivity contribution in [3.05, 3.63) is 53.1 Å². The SMILES string of the molecule is CCOC(=O)c1noc(C)c1C(=O)c1cc2ccccc2o1. The molecule has 0 bridgehead atoms. The zero-order valence-electron chi connectivity index (χ0n) is 12.1. The number of aromatic nitrogens is 1. The number of fused-ring (bicyclic) bond motifs is 1. The first-order valence-electron chi connectivity index (χ1n) is 6.78. The number of carbonyl (C=O) groups is 2. The van der Waals surface area contributed by atoms with Crippen LogP contribution < -0.4 is 0 Å². The highest BCUT2D eigenvalue weighted by Gasteiger charge is 2.29. The zero-order valence-corrected chi connectivity index (χ0v) is 12.1. The molecule has 0 fully saturated rings. The Bertz CT molecular complexity index is 825. The normalized spacial score (nSPS) is 10.8. The lowest BCUT2D eigenvalue weighted by molar-refractivity contribution is 0.0512. The van der Waals surface area contributed by atoms with E-state index in [4.69, 9.17) is 13.7 Å². The van der Waals surface area contributed by atoms with E-state index in [0.717, 1.165) is 5.39 Å². The van der Waals surface area contributed by atoms with E-state index < -0.39 is 11.8 Å². The summed E-state index contributed by atoms with van der Waals surface area (Å²) in [6.45, 7) is 3.42. The molecule has 0 aliphatic carbocycles. The molecule has 22 heavy (non-hydrogen) atoms. The molecule has 3 rings (SSSR count). The maximum atomic E-state index is 12.6. The maximum Gasteiger partial charge on any atom is 0.361 e. The second kappa shape index (κ2) is 5.48. The number of ether oxygens (including phenoxy) is 1. The molecule has 1 aromatic carbocycles. The molecule has 0 amide bonds. The Morgan fingerprint density at radius 2 is 2.05 bits per heavy atom. The second-order valence-electron chi connectivity index (χ2n) is 4.66. The van der Waals surface area contributed by atoms with E-state index >= 15 is 0 Å². The average Bonchev–Trinajstić information content (AvgIpc) is 3.10. The molecular weight excluding hydrogens is 286 g/mol. The third-order valence-electron chi connectivity index (χ3n) is 3.21. The van der Waals surface area contributed by atoms with Crippen LogP contribution in [0.5, 0.6) is 0 Å². The smallest absolute Gasteiger partial charge is 0.361 e. The summed E-state index contributed by atoms with van der Waals surface area (Å²) in [4.78, 5) is 24.5. The summed E-state index contributed by atoms with van der Waals surface area (Å²) in [7, 11) is 0. The Morgan fingerprint density at radius 1 is 1.27 bits per heavy atom. The van der Waals surface area contributed by atoms with Gasteiger partial charge in [-0.1, -0.05) is 23.4 Å². The van der Waals surface area contributed by atoms with E-state index in [2.05, 4.69) is 5.16 Å². The van der Waals surface area contributed by atoms with Crippen LogP contribution in [-0.4, -0.2) is 23.5 Å². The van der Waals surface area contributed by atoms with Crippen LogP contribution >= 0.6 is 0 Å². The standard InChI is InChI=1S/C16H13NO5/c1-3-20-16(19)14-13(9(2)22-17-14)15(18)12-8-10-6-4-5-7-11(10)21-12/h4-8H,3H2,1-2H3. The molecule has 0 spiro atoms. The quantitative estimate of drug-likeness (QED) is 0.543. The first-order valence-corrected chi connectivity index (χ1v) is 6.78. The summed E-state index contributed by atoms with van der Waals surface area (Å²) in [5.41, 5.74) is 0.528. The van der Waals surface area contributed by atoms with E-state index in [1.807, 2.05) is 18.2 Å². The number of hydrogen-bond acceptors (Lipinski definition) is 6. The van der Waals surface area contributed by atoms with Crippen molar-refractivity contribution in [3.63, 3.8) is 0 Å². The number of rotatable bonds is 4. The van der Waals surface area contributed by atoms with Crippen molar-refractivity contribution in [3.8, 4) is 0 Å². The van der Waals surface area contributed by atoms with E-state index in [0.29, 0.717) is 5.58 Å². The predicted molar refractivity (Wildman–Crippen MR) is 76.8 cm³/mol. The molecule has 0 radical (unpaired) electrons. The van der Waals surface area contributed by atoms with Crippen LogP contribution in [0.15, 0.2) is 39.3 Å². The lowest BCUT2D eigenvalue weighted by atomic mass is 10.1. The topological polar surface area (TPSA) is 82.5 Å². The fraction of sp³-hybridized carbons (Fsp3) is 0.188. The van der Waals surface area contributed by atoms with Crippen LogP contribution in [0.25, 0.3) is 11.0 Å². The molecule has 0 unspecified atom stereocenters. The van der Waals surface area contributed by atoms with E-state index in [9.17, 15) is 9.59 Å². The van der Waals surface area contributed by atoms with Gasteiger partial charge >= 0.3 is 5.97 Å². The Hall–Kier alpha value is -2.89. The average molecular weight is 299 g/mol. The number of para-hydroxylation sites is 1. The number of nitrogens with zero attached hydrogens (tertiary/aromatic N) is 1. The van der Waals surface area contributed by atoms with Crippen LogP contribution in [0.1, 0.15) is 39.3 Å². The van der Waals surface area contributed by atoms with Gasteiger partial charge in [-0.25, -0.2) is 4.79 Å². The highest BCUT2D eigenvalue weighted by Crippen LogP contribution is 2.24. The fourth-order valence-electron chi connectivity index (χ4n) is 2.20. The molecule has 0 aliphatic rings. The van der Waals surface area contributed by atoms with Crippen molar-refractivity contribution in [2.75, 3.05) is 6.61 Å². The third kappa shape index (κ3) is 2.28. The van der Waals surface area contributed by atoms with Crippen LogP contribution in [0.2, 0.25) is 0 Å². The predicted octanol–water partition coefficient (Wildman–Crippen LogP) is 3.14. The molecule has 0 N–H and O–H groups in total. The summed E-state index contributed by atoms with van der Waals surface area (Å²) in [6, 6.07) is 8.88. The van der Waals surface area contributed by atoms with Crippen molar-refractivity contribution in [2.24, 2.45) is 0 Å². The number of esters is 1. The highest BCUT2D eigenvalue weighted by molar-refractivity contribution is 6.14. The second-order valence-corrected chi connectivity index (χ2v) is 4.66. The van der Waals surface area contributed by atoms with E-state index in [1.165, 1.54) is 0 Å². The van der Waals surface area contributed by atoms with Gasteiger partial charge in [-0.05, 0) is 26.0 Å². The molecule has 0 atom stereocenters. The van der Waals surface area contributed by atoms with Crippen molar-refractivity contribution in [1.29, 1.82) is 0 Å². The minimum Gasteiger partial charge on any atom is -0.461 e. The fourth-order valence-corrected chi connectivity index (χ4v) is 2.20. The largest absolute Gasteiger partial charge is 0.461 e. The lowest BCUT2D eigenvalue weighted by Gasteiger charge is -2.00. The summed E-state index contributed by atoms with van der Waals surface area (Å²) in [5.74, 6) is -0.789. The highest BCUT2D eigenvalue weighted by atomic mass is 16.5. The first kappa shape index (κ1) is 14.1. The molecule has 112 valence electrons. The number of ketones is 1. The summed E-state index contributed by atoms with van der Waals surface area (Å²) < 4.78 is 15.4. The monoisotopic (exact) mass is 299 g/mol. The summed E-state index contributed by atoms with van der Waals surface area (Å²) in [6.07, 6.45) is 0. The number of hydrogen-bond donors (Lipinski definition) is 0. The van der Waals surface area contributed by atoms with Gasteiger partial charge in [0.1, 0.15) is 16.9 Å². The molecule has 0 saturated carbocycles. The van der Waals surface area contributed by atoms with E-state index in [-0.39, 0.29) is 29.4 Å². The van der Waals surface area contributed by atoms with Gasteiger partial charge in [0, 0.05) is 5.39 Å². The molecule has 0 aliphatic heterocycles. The van der Waals surface area contributed by atoms with Gasteiger partial charge in [-0.15, -0.1) is 0 Å². The summed E-state index contributed by atoms with van der Waals surface area (Å²) >= 11 is 0. The number of furan rings is 1. The molecule has 2 heterocycles. The zero-order chi connectivity index (χ0) is 15.7. The van der Waals surface area contributed by atoms with Crippen LogP contribution in [0.4, 0.5) is 0 Å².